The number of para-hydroxylation sites is 2. The maximum atomic E-state index is 6.74. The van der Waals surface area contributed by atoms with E-state index < -0.39 is 0 Å². The molecular weight excluding hydrogens is 603 g/mol. The van der Waals surface area contributed by atoms with Gasteiger partial charge in [0.1, 0.15) is 11.2 Å². The Morgan fingerprint density at radius 3 is 2.17 bits per heavy atom. The molecule has 0 aliphatic heterocycles. The van der Waals surface area contributed by atoms with Crippen molar-refractivity contribution in [3.05, 3.63) is 151 Å². The number of fused-ring (bicyclic) bond motifs is 12. The lowest BCUT2D eigenvalue weighted by Crippen LogP contribution is -2.14. The van der Waals surface area contributed by atoms with Gasteiger partial charge in [-0.2, -0.15) is 0 Å². The fraction of sp³-hybridized carbons (Fsp3) is 0.0667. The van der Waals surface area contributed by atoms with Crippen molar-refractivity contribution < 1.29 is 4.42 Å². The van der Waals surface area contributed by atoms with E-state index in [0.717, 1.165) is 33.2 Å². The molecule has 0 N–H and O–H groups in total. The van der Waals surface area contributed by atoms with Crippen molar-refractivity contribution in [3.63, 3.8) is 0 Å². The van der Waals surface area contributed by atoms with Crippen LogP contribution < -0.4 is 0 Å². The largest absolute Gasteiger partial charge is 0.455 e. The van der Waals surface area contributed by atoms with Crippen LogP contribution >= 0.6 is 11.3 Å². The molecule has 0 spiro atoms. The first-order chi connectivity index (χ1) is 23.6. The minimum Gasteiger partial charge on any atom is -0.455 e. The monoisotopic (exact) mass is 631 g/mol. The molecule has 3 heterocycles. The van der Waals surface area contributed by atoms with Gasteiger partial charge in [-0.05, 0) is 76.3 Å². The molecule has 1 aliphatic carbocycles. The smallest absolute Gasteiger partial charge is 0.143 e. The van der Waals surface area contributed by atoms with Crippen molar-refractivity contribution in [1.29, 1.82) is 0 Å². The quantitative estimate of drug-likeness (QED) is 0.186. The Balaban J connectivity index is 1.16. The maximum Gasteiger partial charge on any atom is 0.143 e. The van der Waals surface area contributed by atoms with Crippen LogP contribution in [0.1, 0.15) is 25.0 Å². The summed E-state index contributed by atoms with van der Waals surface area (Å²) in [6.45, 7) is 4.72. The summed E-state index contributed by atoms with van der Waals surface area (Å²) in [4.78, 5) is 0. The van der Waals surface area contributed by atoms with Gasteiger partial charge in [-0.3, -0.25) is 0 Å². The van der Waals surface area contributed by atoms with Gasteiger partial charge in [0, 0.05) is 58.4 Å². The van der Waals surface area contributed by atoms with Crippen LogP contribution in [0.15, 0.2) is 144 Å². The van der Waals surface area contributed by atoms with Crippen molar-refractivity contribution in [2.24, 2.45) is 0 Å². The van der Waals surface area contributed by atoms with Crippen molar-refractivity contribution in [2.75, 3.05) is 0 Å². The third kappa shape index (κ3) is 3.36. The van der Waals surface area contributed by atoms with E-state index in [4.69, 9.17) is 4.42 Å². The molecule has 3 heteroatoms. The predicted octanol–water partition coefficient (Wildman–Crippen LogP) is 13.0. The molecule has 10 aromatic rings. The summed E-state index contributed by atoms with van der Waals surface area (Å²) in [5.74, 6) is 0. The minimum atomic E-state index is -0.0703. The molecule has 3 aromatic heterocycles. The number of aromatic nitrogens is 1. The molecule has 0 fully saturated rings. The fourth-order valence-electron chi connectivity index (χ4n) is 8.58. The topological polar surface area (TPSA) is 18.1 Å². The van der Waals surface area contributed by atoms with Gasteiger partial charge < -0.3 is 8.98 Å². The van der Waals surface area contributed by atoms with E-state index in [1.54, 1.807) is 0 Å². The number of rotatable bonds is 2. The highest BCUT2D eigenvalue weighted by atomic mass is 32.1. The highest BCUT2D eigenvalue weighted by Gasteiger charge is 2.36. The second-order valence-corrected chi connectivity index (χ2v) is 14.8. The molecular formula is C45H29NOS. The Bertz CT molecular complexity index is 2990. The van der Waals surface area contributed by atoms with Crippen molar-refractivity contribution in [2.45, 2.75) is 19.3 Å². The second-order valence-electron chi connectivity index (χ2n) is 13.7. The summed E-state index contributed by atoms with van der Waals surface area (Å²) in [7, 11) is 0. The van der Waals surface area contributed by atoms with Crippen LogP contribution in [-0.2, 0) is 5.41 Å². The third-order valence-electron chi connectivity index (χ3n) is 10.8. The van der Waals surface area contributed by atoms with Crippen LogP contribution in [0.3, 0.4) is 0 Å². The van der Waals surface area contributed by atoms with Crippen LogP contribution in [0.4, 0.5) is 0 Å². The molecule has 0 saturated carbocycles. The van der Waals surface area contributed by atoms with E-state index in [1.165, 1.54) is 69.8 Å². The van der Waals surface area contributed by atoms with E-state index >= 15 is 0 Å². The Morgan fingerprint density at radius 1 is 0.500 bits per heavy atom. The number of hydrogen-bond acceptors (Lipinski definition) is 2. The van der Waals surface area contributed by atoms with Gasteiger partial charge in [-0.25, -0.2) is 0 Å². The van der Waals surface area contributed by atoms with E-state index in [-0.39, 0.29) is 5.41 Å². The zero-order chi connectivity index (χ0) is 31.7. The lowest BCUT2D eigenvalue weighted by molar-refractivity contribution is 0.661. The number of nitrogens with zero attached hydrogens (tertiary/aromatic N) is 1. The third-order valence-corrected chi connectivity index (χ3v) is 11.9. The summed E-state index contributed by atoms with van der Waals surface area (Å²) >= 11 is 1.85. The average molecular weight is 632 g/mol. The molecule has 11 rings (SSSR count). The van der Waals surface area contributed by atoms with Crippen LogP contribution in [0.5, 0.6) is 0 Å². The molecule has 0 radical (unpaired) electrons. The Hall–Kier alpha value is -5.64. The maximum absolute atomic E-state index is 6.74. The fourth-order valence-corrected chi connectivity index (χ4v) is 9.71. The average Bonchev–Trinajstić information content (AvgIpc) is 3.84. The molecule has 226 valence electrons. The molecule has 0 atom stereocenters. The number of furan rings is 1. The van der Waals surface area contributed by atoms with Gasteiger partial charge in [0.15, 0.2) is 0 Å². The Labute approximate surface area is 281 Å². The predicted molar refractivity (Wildman–Crippen MR) is 204 cm³/mol. The zero-order valence-electron chi connectivity index (χ0n) is 26.5. The van der Waals surface area contributed by atoms with Gasteiger partial charge in [0.25, 0.3) is 0 Å². The van der Waals surface area contributed by atoms with Crippen LogP contribution in [-0.4, -0.2) is 4.57 Å². The number of hydrogen-bond donors (Lipinski definition) is 0. The number of thiophene rings is 1. The van der Waals surface area contributed by atoms with Gasteiger partial charge in [0.05, 0.1) is 11.0 Å². The van der Waals surface area contributed by atoms with E-state index in [2.05, 4.69) is 158 Å². The van der Waals surface area contributed by atoms with E-state index in [0.29, 0.717) is 0 Å². The summed E-state index contributed by atoms with van der Waals surface area (Å²) in [6, 6.07) is 51.3. The van der Waals surface area contributed by atoms with Gasteiger partial charge >= 0.3 is 0 Å². The molecule has 7 aromatic carbocycles. The zero-order valence-corrected chi connectivity index (χ0v) is 27.4. The molecule has 2 nitrogen and oxygen atoms in total. The van der Waals surface area contributed by atoms with Crippen LogP contribution in [0.25, 0.3) is 91.9 Å². The molecule has 1 aliphatic rings. The first kappa shape index (κ1) is 26.4. The Kier molecular flexibility index (Phi) is 5.09. The molecule has 0 bridgehead atoms. The summed E-state index contributed by atoms with van der Waals surface area (Å²) < 4.78 is 11.8. The van der Waals surface area contributed by atoms with Crippen LogP contribution in [0.2, 0.25) is 0 Å². The Morgan fingerprint density at radius 2 is 1.23 bits per heavy atom. The van der Waals surface area contributed by atoms with Gasteiger partial charge in [0.2, 0.25) is 0 Å². The minimum absolute atomic E-state index is 0.0703. The first-order valence-corrected chi connectivity index (χ1v) is 17.4. The highest BCUT2D eigenvalue weighted by Crippen LogP contribution is 2.51. The summed E-state index contributed by atoms with van der Waals surface area (Å²) in [6.07, 6.45) is 0. The van der Waals surface area contributed by atoms with Gasteiger partial charge in [-0.15, -0.1) is 11.3 Å². The van der Waals surface area contributed by atoms with Crippen LogP contribution in [0, 0.1) is 0 Å². The lowest BCUT2D eigenvalue weighted by atomic mass is 9.82. The van der Waals surface area contributed by atoms with Crippen molar-refractivity contribution in [1.82, 2.24) is 4.57 Å². The normalized spacial score (nSPS) is 13.8. The second kappa shape index (κ2) is 9.25. The first-order valence-electron chi connectivity index (χ1n) is 16.6. The highest BCUT2D eigenvalue weighted by molar-refractivity contribution is 7.25. The standard InChI is InChI=1S/C45H29NOS/c1-45(2)36-17-6-3-11-27(36)33-24-34-28-12-4-7-18-38(28)46(39(34)25-37(33)45)26-21-22-40-35(23-26)31-16-9-15-30(44(31)47-40)29-14-10-20-42-43(29)32-13-5-8-19-41(32)48-42/h3-25H,1-2H3. The van der Waals surface area contributed by atoms with Crippen molar-refractivity contribution in [3.8, 4) is 27.9 Å². The number of benzene rings is 7. The lowest BCUT2D eigenvalue weighted by Gasteiger charge is -2.21. The molecule has 0 amide bonds. The summed E-state index contributed by atoms with van der Waals surface area (Å²) in [5, 5.41) is 7.42. The molecule has 0 saturated heterocycles. The molecule has 48 heavy (non-hydrogen) atoms. The molecule has 0 unspecified atom stereocenters. The van der Waals surface area contributed by atoms with E-state index in [1.807, 2.05) is 11.3 Å². The van der Waals surface area contributed by atoms with Crippen molar-refractivity contribution >= 4 is 75.3 Å². The van der Waals surface area contributed by atoms with Gasteiger partial charge in [-0.1, -0.05) is 105 Å². The summed E-state index contributed by atoms with van der Waals surface area (Å²) in [5.41, 5.74) is 13.2. The van der Waals surface area contributed by atoms with E-state index in [9.17, 15) is 0 Å². The SMILES string of the molecule is CC1(C)c2ccccc2-c2cc3c4ccccc4n(-c4ccc5oc6c(-c7cccc8sc9ccccc9c78)cccc6c5c4)c3cc21.